The Bertz CT molecular complexity index is 203. The zero-order chi connectivity index (χ0) is 11.8. The standard InChI is InChI=1S/C12H24N2O2/c1-3-14(9-10-16-4-2)12(15)11-7-5-6-8-13-11/h11,13H,3-10H2,1-2H3. The fraction of sp³-hybridized carbons (Fsp3) is 0.917. The lowest BCUT2D eigenvalue weighted by Crippen LogP contribution is -2.49. The van der Waals surface area contributed by atoms with E-state index in [1.807, 2.05) is 18.7 Å². The molecule has 1 aliphatic heterocycles. The Balaban J connectivity index is 2.35. The minimum Gasteiger partial charge on any atom is -0.380 e. The molecule has 0 spiro atoms. The highest BCUT2D eigenvalue weighted by atomic mass is 16.5. The van der Waals surface area contributed by atoms with E-state index in [0.29, 0.717) is 19.8 Å². The van der Waals surface area contributed by atoms with Crippen molar-refractivity contribution in [2.75, 3.05) is 32.8 Å². The second-order valence-corrected chi connectivity index (χ2v) is 4.12. The van der Waals surface area contributed by atoms with Crippen molar-refractivity contribution in [2.45, 2.75) is 39.2 Å². The van der Waals surface area contributed by atoms with Gasteiger partial charge in [-0.1, -0.05) is 6.42 Å². The molecule has 4 nitrogen and oxygen atoms in total. The first-order valence-electron chi connectivity index (χ1n) is 6.39. The monoisotopic (exact) mass is 228 g/mol. The van der Waals surface area contributed by atoms with Crippen molar-refractivity contribution in [3.63, 3.8) is 0 Å². The van der Waals surface area contributed by atoms with E-state index in [1.54, 1.807) is 0 Å². The van der Waals surface area contributed by atoms with Crippen molar-refractivity contribution in [1.82, 2.24) is 10.2 Å². The van der Waals surface area contributed by atoms with Crippen LogP contribution in [0.25, 0.3) is 0 Å². The summed E-state index contributed by atoms with van der Waals surface area (Å²) in [6, 6.07) is 0.0373. The van der Waals surface area contributed by atoms with Gasteiger partial charge in [0.1, 0.15) is 0 Å². The summed E-state index contributed by atoms with van der Waals surface area (Å²) in [7, 11) is 0. The summed E-state index contributed by atoms with van der Waals surface area (Å²) in [5.74, 6) is 0.238. The van der Waals surface area contributed by atoms with E-state index in [4.69, 9.17) is 4.74 Å². The Labute approximate surface area is 98.3 Å². The number of amides is 1. The van der Waals surface area contributed by atoms with Crippen molar-refractivity contribution >= 4 is 5.91 Å². The normalized spacial score (nSPS) is 20.8. The highest BCUT2D eigenvalue weighted by Crippen LogP contribution is 2.09. The fourth-order valence-electron chi connectivity index (χ4n) is 2.03. The van der Waals surface area contributed by atoms with Crippen LogP contribution in [0, 0.1) is 0 Å². The first-order chi connectivity index (χ1) is 7.79. The molecular weight excluding hydrogens is 204 g/mol. The number of hydrogen-bond acceptors (Lipinski definition) is 3. The van der Waals surface area contributed by atoms with Crippen LogP contribution in [0.15, 0.2) is 0 Å². The molecule has 0 aliphatic carbocycles. The van der Waals surface area contributed by atoms with Gasteiger partial charge < -0.3 is 15.0 Å². The molecule has 1 rings (SSSR count). The molecule has 1 N–H and O–H groups in total. The van der Waals surface area contributed by atoms with E-state index in [0.717, 1.165) is 25.9 Å². The predicted octanol–water partition coefficient (Wildman–Crippen LogP) is 1.01. The molecular formula is C12H24N2O2. The van der Waals surface area contributed by atoms with Crippen LogP contribution in [0.3, 0.4) is 0 Å². The maximum absolute atomic E-state index is 12.1. The van der Waals surface area contributed by atoms with E-state index < -0.39 is 0 Å². The number of carbonyl (C=O) groups is 1. The summed E-state index contributed by atoms with van der Waals surface area (Å²) in [6.45, 7) is 7.80. The molecule has 0 aromatic rings. The Morgan fingerprint density at radius 2 is 2.25 bits per heavy atom. The SMILES string of the molecule is CCOCCN(CC)C(=O)C1CCCCN1. The molecule has 1 unspecified atom stereocenters. The van der Waals surface area contributed by atoms with E-state index in [2.05, 4.69) is 5.32 Å². The quantitative estimate of drug-likeness (QED) is 0.690. The van der Waals surface area contributed by atoms with Crippen LogP contribution in [0.2, 0.25) is 0 Å². The van der Waals surface area contributed by atoms with Gasteiger partial charge in [-0.25, -0.2) is 0 Å². The largest absolute Gasteiger partial charge is 0.380 e. The molecule has 1 atom stereocenters. The maximum Gasteiger partial charge on any atom is 0.239 e. The van der Waals surface area contributed by atoms with Gasteiger partial charge in [-0.05, 0) is 33.2 Å². The third kappa shape index (κ3) is 4.10. The molecule has 16 heavy (non-hydrogen) atoms. The highest BCUT2D eigenvalue weighted by Gasteiger charge is 2.24. The van der Waals surface area contributed by atoms with Gasteiger partial charge in [-0.15, -0.1) is 0 Å². The number of nitrogens with zero attached hydrogens (tertiary/aromatic N) is 1. The Kier molecular flexibility index (Phi) is 6.42. The number of carbonyl (C=O) groups excluding carboxylic acids is 1. The molecule has 0 saturated carbocycles. The van der Waals surface area contributed by atoms with Gasteiger partial charge in [0.05, 0.1) is 12.6 Å². The third-order valence-electron chi connectivity index (χ3n) is 3.01. The van der Waals surface area contributed by atoms with Crippen molar-refractivity contribution < 1.29 is 9.53 Å². The molecule has 1 saturated heterocycles. The molecule has 0 aromatic heterocycles. The molecule has 0 bridgehead atoms. The number of rotatable bonds is 6. The number of hydrogen-bond donors (Lipinski definition) is 1. The molecule has 1 fully saturated rings. The van der Waals surface area contributed by atoms with Gasteiger partial charge >= 0.3 is 0 Å². The summed E-state index contributed by atoms with van der Waals surface area (Å²) in [5, 5.41) is 3.29. The third-order valence-corrected chi connectivity index (χ3v) is 3.01. The molecule has 4 heteroatoms. The average Bonchev–Trinajstić information content (AvgIpc) is 2.35. The van der Waals surface area contributed by atoms with Gasteiger partial charge in [-0.2, -0.15) is 0 Å². The number of piperidine rings is 1. The van der Waals surface area contributed by atoms with Gasteiger partial charge in [0.2, 0.25) is 5.91 Å². The van der Waals surface area contributed by atoms with Crippen LogP contribution in [-0.2, 0) is 9.53 Å². The van der Waals surface area contributed by atoms with Crippen molar-refractivity contribution in [1.29, 1.82) is 0 Å². The summed E-state index contributed by atoms with van der Waals surface area (Å²) in [4.78, 5) is 14.0. The second-order valence-electron chi connectivity index (χ2n) is 4.12. The highest BCUT2D eigenvalue weighted by molar-refractivity contribution is 5.81. The summed E-state index contributed by atoms with van der Waals surface area (Å²) < 4.78 is 5.29. The van der Waals surface area contributed by atoms with Crippen molar-refractivity contribution in [3.05, 3.63) is 0 Å². The van der Waals surface area contributed by atoms with Crippen LogP contribution in [0.5, 0.6) is 0 Å². The summed E-state index contributed by atoms with van der Waals surface area (Å²) >= 11 is 0. The van der Waals surface area contributed by atoms with E-state index in [1.165, 1.54) is 6.42 Å². The minimum absolute atomic E-state index is 0.0373. The minimum atomic E-state index is 0.0373. The van der Waals surface area contributed by atoms with Crippen LogP contribution in [0.1, 0.15) is 33.1 Å². The Morgan fingerprint density at radius 3 is 2.81 bits per heavy atom. The van der Waals surface area contributed by atoms with Crippen LogP contribution in [0.4, 0.5) is 0 Å². The smallest absolute Gasteiger partial charge is 0.239 e. The Hall–Kier alpha value is -0.610. The van der Waals surface area contributed by atoms with Gasteiger partial charge in [-0.3, -0.25) is 4.79 Å². The molecule has 0 aromatic carbocycles. The lowest BCUT2D eigenvalue weighted by atomic mass is 10.0. The summed E-state index contributed by atoms with van der Waals surface area (Å²) in [5.41, 5.74) is 0. The van der Waals surface area contributed by atoms with Crippen LogP contribution < -0.4 is 5.32 Å². The predicted molar refractivity (Wildman–Crippen MR) is 64.4 cm³/mol. The molecule has 1 heterocycles. The maximum atomic E-state index is 12.1. The van der Waals surface area contributed by atoms with Crippen LogP contribution >= 0.6 is 0 Å². The number of ether oxygens (including phenoxy) is 1. The Morgan fingerprint density at radius 1 is 1.44 bits per heavy atom. The molecule has 1 amide bonds. The van der Waals surface area contributed by atoms with Crippen molar-refractivity contribution in [2.24, 2.45) is 0 Å². The number of nitrogens with one attached hydrogen (secondary N) is 1. The van der Waals surface area contributed by atoms with Gasteiger partial charge in [0.25, 0.3) is 0 Å². The molecule has 1 aliphatic rings. The van der Waals surface area contributed by atoms with Crippen molar-refractivity contribution in [3.8, 4) is 0 Å². The van der Waals surface area contributed by atoms with Crippen LogP contribution in [-0.4, -0.2) is 49.7 Å². The second kappa shape index (κ2) is 7.63. The van der Waals surface area contributed by atoms with E-state index in [-0.39, 0.29) is 11.9 Å². The fourth-order valence-corrected chi connectivity index (χ4v) is 2.03. The lowest BCUT2D eigenvalue weighted by molar-refractivity contribution is -0.134. The first-order valence-corrected chi connectivity index (χ1v) is 6.39. The first kappa shape index (κ1) is 13.5. The zero-order valence-electron chi connectivity index (χ0n) is 10.5. The topological polar surface area (TPSA) is 41.6 Å². The molecule has 94 valence electrons. The van der Waals surface area contributed by atoms with Gasteiger partial charge in [0.15, 0.2) is 0 Å². The van der Waals surface area contributed by atoms with Gasteiger partial charge in [0, 0.05) is 19.7 Å². The zero-order valence-corrected chi connectivity index (χ0v) is 10.5. The number of likely N-dealkylation sites (N-methyl/N-ethyl adjacent to an activating group) is 1. The van der Waals surface area contributed by atoms with E-state index >= 15 is 0 Å². The average molecular weight is 228 g/mol. The van der Waals surface area contributed by atoms with E-state index in [9.17, 15) is 4.79 Å². The molecule has 0 radical (unpaired) electrons. The lowest BCUT2D eigenvalue weighted by Gasteiger charge is -2.29. The summed E-state index contributed by atoms with van der Waals surface area (Å²) in [6.07, 6.45) is 3.32.